The van der Waals surface area contributed by atoms with Crippen molar-refractivity contribution in [1.82, 2.24) is 4.90 Å². The molecule has 1 saturated heterocycles. The average molecular weight is 438 g/mol. The predicted molar refractivity (Wildman–Crippen MR) is 146 cm³/mol. The van der Waals surface area contributed by atoms with E-state index in [-0.39, 0.29) is 0 Å². The monoisotopic (exact) mass is 437 g/mol. The van der Waals surface area contributed by atoms with E-state index >= 15 is 0 Å². The first kappa shape index (κ1) is 29.8. The minimum absolute atomic E-state index is 0.877. The van der Waals surface area contributed by atoms with E-state index in [9.17, 15) is 0 Å². The van der Waals surface area contributed by atoms with E-state index in [4.69, 9.17) is 4.74 Å². The zero-order valence-corrected chi connectivity index (χ0v) is 21.8. The molecule has 2 nitrogen and oxygen atoms in total. The highest BCUT2D eigenvalue weighted by molar-refractivity contribution is 5.97. The Labute approximate surface area is 199 Å². The molecule has 3 rings (SSSR count). The SMILES string of the molecule is C/C=C/C.C=CC.CC.CC/C=C/C(C)=C1\C=C(CCN2CCOCC2)c2ccccc21. The van der Waals surface area contributed by atoms with E-state index in [1.165, 1.54) is 27.8 Å². The smallest absolute Gasteiger partial charge is 0.0594 e. The molecule has 0 aromatic heterocycles. The van der Waals surface area contributed by atoms with Gasteiger partial charge >= 0.3 is 0 Å². The van der Waals surface area contributed by atoms with Crippen LogP contribution in [-0.4, -0.2) is 37.7 Å². The fraction of sp³-hybridized carbons (Fsp3) is 0.467. The summed E-state index contributed by atoms with van der Waals surface area (Å²) in [5, 5.41) is 0. The lowest BCUT2D eigenvalue weighted by Gasteiger charge is -2.26. The maximum Gasteiger partial charge on any atom is 0.0594 e. The van der Waals surface area contributed by atoms with Gasteiger partial charge in [0.05, 0.1) is 13.2 Å². The third kappa shape index (κ3) is 10.9. The minimum Gasteiger partial charge on any atom is -0.379 e. The Morgan fingerprint density at radius 1 is 1.03 bits per heavy atom. The lowest BCUT2D eigenvalue weighted by atomic mass is 10.00. The molecule has 0 saturated carbocycles. The predicted octanol–water partition coefficient (Wildman–Crippen LogP) is 8.35. The highest BCUT2D eigenvalue weighted by atomic mass is 16.5. The van der Waals surface area contributed by atoms with Crippen LogP contribution in [0.3, 0.4) is 0 Å². The molecule has 0 atom stereocenters. The molecule has 1 heterocycles. The van der Waals surface area contributed by atoms with Crippen LogP contribution in [0.1, 0.15) is 72.4 Å². The summed E-state index contributed by atoms with van der Waals surface area (Å²) in [5.74, 6) is 0. The largest absolute Gasteiger partial charge is 0.379 e. The lowest BCUT2D eigenvalue weighted by Crippen LogP contribution is -2.36. The topological polar surface area (TPSA) is 12.5 Å². The Hall–Kier alpha value is -2.16. The summed E-state index contributed by atoms with van der Waals surface area (Å²) < 4.78 is 5.44. The van der Waals surface area contributed by atoms with Gasteiger partial charge in [-0.05, 0) is 68.4 Å². The summed E-state index contributed by atoms with van der Waals surface area (Å²) in [6.07, 6.45) is 14.9. The van der Waals surface area contributed by atoms with Gasteiger partial charge in [0.1, 0.15) is 0 Å². The van der Waals surface area contributed by atoms with Crippen molar-refractivity contribution < 1.29 is 4.74 Å². The number of nitrogens with zero attached hydrogens (tertiary/aromatic N) is 1. The maximum atomic E-state index is 5.44. The van der Waals surface area contributed by atoms with Crippen LogP contribution in [0.2, 0.25) is 0 Å². The van der Waals surface area contributed by atoms with E-state index < -0.39 is 0 Å². The number of allylic oxidation sites excluding steroid dienone is 8. The highest BCUT2D eigenvalue weighted by Crippen LogP contribution is 2.38. The van der Waals surface area contributed by atoms with Crippen LogP contribution in [-0.2, 0) is 4.74 Å². The van der Waals surface area contributed by atoms with Gasteiger partial charge in [0.2, 0.25) is 0 Å². The number of rotatable bonds is 5. The summed E-state index contributed by atoms with van der Waals surface area (Å²) in [6, 6.07) is 8.83. The molecule has 1 aliphatic heterocycles. The number of ether oxygens (including phenoxy) is 1. The summed E-state index contributed by atoms with van der Waals surface area (Å²) in [6.45, 7) is 22.7. The first-order chi connectivity index (χ1) is 15.6. The fourth-order valence-electron chi connectivity index (χ4n) is 3.35. The molecule has 2 heteroatoms. The second kappa shape index (κ2) is 19.5. The van der Waals surface area contributed by atoms with Crippen LogP contribution < -0.4 is 0 Å². The van der Waals surface area contributed by atoms with Crippen molar-refractivity contribution in [1.29, 1.82) is 0 Å². The van der Waals surface area contributed by atoms with Gasteiger partial charge in [0.25, 0.3) is 0 Å². The Balaban J connectivity index is 0.000000926. The number of hydrogen-bond donors (Lipinski definition) is 0. The van der Waals surface area contributed by atoms with Crippen molar-refractivity contribution in [2.45, 2.75) is 61.3 Å². The molecule has 0 unspecified atom stereocenters. The van der Waals surface area contributed by atoms with Crippen molar-refractivity contribution in [3.05, 3.63) is 84.0 Å². The molecular formula is C30H47NO. The third-order valence-electron chi connectivity index (χ3n) is 5.04. The summed E-state index contributed by atoms with van der Waals surface area (Å²) >= 11 is 0. The van der Waals surface area contributed by atoms with E-state index in [0.717, 1.165) is 45.7 Å². The summed E-state index contributed by atoms with van der Waals surface area (Å²) in [5.41, 5.74) is 7.04. The van der Waals surface area contributed by atoms with E-state index in [1.807, 2.05) is 46.8 Å². The lowest BCUT2D eigenvalue weighted by molar-refractivity contribution is 0.0390. The highest BCUT2D eigenvalue weighted by Gasteiger charge is 2.20. The Kier molecular flexibility index (Phi) is 18.2. The zero-order valence-electron chi connectivity index (χ0n) is 21.8. The molecule has 2 aliphatic rings. The van der Waals surface area contributed by atoms with Crippen LogP contribution in [0.25, 0.3) is 11.1 Å². The number of hydrogen-bond acceptors (Lipinski definition) is 2. The Bertz CT molecular complexity index is 742. The van der Waals surface area contributed by atoms with Gasteiger partial charge in [-0.25, -0.2) is 0 Å². The van der Waals surface area contributed by atoms with Gasteiger partial charge in [-0.15, -0.1) is 6.58 Å². The van der Waals surface area contributed by atoms with Crippen molar-refractivity contribution in [2.24, 2.45) is 0 Å². The molecule has 178 valence electrons. The van der Waals surface area contributed by atoms with Gasteiger partial charge in [0, 0.05) is 19.6 Å². The molecule has 0 radical (unpaired) electrons. The first-order valence-corrected chi connectivity index (χ1v) is 12.2. The molecule has 0 spiro atoms. The van der Waals surface area contributed by atoms with Crippen LogP contribution in [0.4, 0.5) is 0 Å². The Morgan fingerprint density at radius 2 is 1.59 bits per heavy atom. The van der Waals surface area contributed by atoms with Crippen LogP contribution in [0.15, 0.2) is 72.9 Å². The van der Waals surface area contributed by atoms with Crippen LogP contribution >= 0.6 is 0 Å². The quantitative estimate of drug-likeness (QED) is 0.429. The standard InChI is InChI=1S/C21H27NO.C4H8.C3H6.C2H6/c1-3-4-7-17(2)21-16-18(19-8-5-6-9-20(19)21)10-11-22-12-14-23-15-13-22;1-3-4-2;1-3-2;1-2/h4-9,16H,3,10-15H2,1-2H3;3-4H,1-2H3;3H,1H2,2H3;1-2H3/b7-4+,21-17+;4-3+;;. The third-order valence-corrected chi connectivity index (χ3v) is 5.04. The van der Waals surface area contributed by atoms with Crippen LogP contribution in [0, 0.1) is 0 Å². The molecule has 32 heavy (non-hydrogen) atoms. The van der Waals surface area contributed by atoms with Gasteiger partial charge in [-0.1, -0.05) is 81.5 Å². The van der Waals surface area contributed by atoms with E-state index in [0.29, 0.717) is 0 Å². The Morgan fingerprint density at radius 3 is 2.12 bits per heavy atom. The summed E-state index contributed by atoms with van der Waals surface area (Å²) in [4.78, 5) is 2.51. The van der Waals surface area contributed by atoms with Crippen molar-refractivity contribution in [2.75, 3.05) is 32.8 Å². The number of morpholine rings is 1. The number of benzene rings is 1. The molecule has 0 amide bonds. The van der Waals surface area contributed by atoms with Gasteiger partial charge in [-0.2, -0.15) is 0 Å². The fourth-order valence-corrected chi connectivity index (χ4v) is 3.35. The van der Waals surface area contributed by atoms with Crippen molar-refractivity contribution >= 4 is 11.1 Å². The maximum absolute atomic E-state index is 5.44. The van der Waals surface area contributed by atoms with E-state index in [2.05, 4.69) is 67.8 Å². The molecule has 1 aromatic carbocycles. The number of fused-ring (bicyclic) bond motifs is 1. The van der Waals surface area contributed by atoms with E-state index in [1.54, 1.807) is 6.08 Å². The van der Waals surface area contributed by atoms with Gasteiger partial charge < -0.3 is 4.74 Å². The molecule has 0 bridgehead atoms. The zero-order chi connectivity index (χ0) is 24.2. The molecule has 1 aliphatic carbocycles. The van der Waals surface area contributed by atoms with Gasteiger partial charge in [-0.3, -0.25) is 4.90 Å². The second-order valence-corrected chi connectivity index (χ2v) is 7.40. The normalized spacial score (nSPS) is 16.7. The summed E-state index contributed by atoms with van der Waals surface area (Å²) in [7, 11) is 0. The second-order valence-electron chi connectivity index (χ2n) is 7.40. The molecule has 0 N–H and O–H groups in total. The van der Waals surface area contributed by atoms with Crippen molar-refractivity contribution in [3.63, 3.8) is 0 Å². The molecule has 1 aromatic rings. The van der Waals surface area contributed by atoms with Crippen LogP contribution in [0.5, 0.6) is 0 Å². The average Bonchev–Trinajstić information content (AvgIpc) is 3.22. The van der Waals surface area contributed by atoms with Crippen molar-refractivity contribution in [3.8, 4) is 0 Å². The minimum atomic E-state index is 0.877. The van der Waals surface area contributed by atoms with Gasteiger partial charge in [0.15, 0.2) is 0 Å². The molecular weight excluding hydrogens is 390 g/mol. The first-order valence-electron chi connectivity index (χ1n) is 12.2. The molecule has 1 fully saturated rings.